The largest absolute Gasteiger partial charge is 0.473 e. The lowest BCUT2D eigenvalue weighted by Crippen LogP contribution is -2.23. The first-order valence-corrected chi connectivity index (χ1v) is 8.04. The molecule has 0 saturated carbocycles. The molecule has 7 heteroatoms. The molecule has 0 spiro atoms. The molecule has 0 aliphatic rings. The Kier molecular flexibility index (Phi) is 4.39. The molecule has 7 nitrogen and oxygen atoms in total. The minimum atomic E-state index is -0.299. The molecule has 0 N–H and O–H groups in total. The van der Waals surface area contributed by atoms with Crippen LogP contribution >= 0.6 is 0 Å². The van der Waals surface area contributed by atoms with Gasteiger partial charge in [0, 0.05) is 23.9 Å². The fraction of sp³-hybridized carbons (Fsp3) is 0.333. The van der Waals surface area contributed by atoms with Gasteiger partial charge in [0.1, 0.15) is 6.61 Å². The topological polar surface area (TPSA) is 74.8 Å². The Morgan fingerprint density at radius 2 is 1.80 bits per heavy atom. The van der Waals surface area contributed by atoms with Crippen LogP contribution in [0.1, 0.15) is 27.9 Å². The van der Waals surface area contributed by atoms with Gasteiger partial charge >= 0.3 is 5.69 Å². The van der Waals surface area contributed by atoms with Gasteiger partial charge in [-0.3, -0.25) is 0 Å². The van der Waals surface area contributed by atoms with Gasteiger partial charge in [-0.2, -0.15) is 9.36 Å². The summed E-state index contributed by atoms with van der Waals surface area (Å²) in [5.41, 5.74) is 5.31. The van der Waals surface area contributed by atoms with Crippen LogP contribution in [0, 0.1) is 27.7 Å². The van der Waals surface area contributed by atoms with Crippen LogP contribution in [0.3, 0.4) is 0 Å². The Hall–Kier alpha value is -2.96. The Morgan fingerprint density at radius 1 is 1.04 bits per heavy atom. The number of aryl methyl sites for hydroxylation is 5. The quantitative estimate of drug-likeness (QED) is 0.728. The second-order valence-electron chi connectivity index (χ2n) is 6.17. The third-order valence-electron chi connectivity index (χ3n) is 4.30. The Labute approximate surface area is 145 Å². The van der Waals surface area contributed by atoms with E-state index in [1.807, 2.05) is 45.9 Å². The average molecular weight is 339 g/mol. The molecule has 3 aromatic rings. The molecule has 0 saturated heterocycles. The highest BCUT2D eigenvalue weighted by molar-refractivity contribution is 5.44. The van der Waals surface area contributed by atoms with Crippen LogP contribution in [0.4, 0.5) is 0 Å². The molecular formula is C18H21N5O2. The summed E-state index contributed by atoms with van der Waals surface area (Å²) >= 11 is 0. The molecular weight excluding hydrogens is 318 g/mol. The van der Waals surface area contributed by atoms with E-state index in [9.17, 15) is 4.79 Å². The van der Waals surface area contributed by atoms with Crippen molar-refractivity contribution in [3.8, 4) is 11.6 Å². The monoisotopic (exact) mass is 339 g/mol. The van der Waals surface area contributed by atoms with Crippen molar-refractivity contribution in [2.45, 2.75) is 34.3 Å². The van der Waals surface area contributed by atoms with Gasteiger partial charge in [0.15, 0.2) is 0 Å². The zero-order chi connectivity index (χ0) is 18.1. The average Bonchev–Trinajstić information content (AvgIpc) is 2.90. The number of rotatable bonds is 4. The Balaban J connectivity index is 1.97. The molecule has 0 aliphatic heterocycles. The maximum Gasteiger partial charge on any atom is 0.368 e. The highest BCUT2D eigenvalue weighted by Gasteiger charge is 2.14. The summed E-state index contributed by atoms with van der Waals surface area (Å²) in [4.78, 5) is 16.7. The lowest BCUT2D eigenvalue weighted by Gasteiger charge is -2.14. The minimum absolute atomic E-state index is 0.293. The molecule has 25 heavy (non-hydrogen) atoms. The van der Waals surface area contributed by atoms with Crippen LogP contribution in [0.15, 0.2) is 29.1 Å². The standard InChI is InChI=1S/C18H21N5O2/c1-11-7-6-8-16(23-18(24)22(5)20-21-23)15(11)10-25-17-13(3)9-12(2)14(4)19-17/h6-9H,10H2,1-5H3. The third-order valence-corrected chi connectivity index (χ3v) is 4.30. The fourth-order valence-corrected chi connectivity index (χ4v) is 2.64. The predicted octanol–water partition coefficient (Wildman–Crippen LogP) is 2.17. The lowest BCUT2D eigenvalue weighted by atomic mass is 10.1. The first kappa shape index (κ1) is 16.9. The van der Waals surface area contributed by atoms with E-state index >= 15 is 0 Å². The summed E-state index contributed by atoms with van der Waals surface area (Å²) in [5, 5.41) is 7.71. The van der Waals surface area contributed by atoms with Gasteiger partial charge in [0.25, 0.3) is 0 Å². The van der Waals surface area contributed by atoms with Gasteiger partial charge in [0.05, 0.1) is 5.69 Å². The number of ether oxygens (including phenoxy) is 1. The molecule has 2 heterocycles. The van der Waals surface area contributed by atoms with Crippen molar-refractivity contribution in [3.05, 3.63) is 62.7 Å². The molecule has 2 aromatic heterocycles. The van der Waals surface area contributed by atoms with E-state index in [0.29, 0.717) is 18.2 Å². The summed E-state index contributed by atoms with van der Waals surface area (Å²) in [7, 11) is 1.57. The van der Waals surface area contributed by atoms with E-state index in [4.69, 9.17) is 4.74 Å². The summed E-state index contributed by atoms with van der Waals surface area (Å²) in [5.74, 6) is 0.601. The van der Waals surface area contributed by atoms with Crippen molar-refractivity contribution >= 4 is 0 Å². The summed E-state index contributed by atoms with van der Waals surface area (Å²) < 4.78 is 8.45. The Bertz CT molecular complexity index is 988. The van der Waals surface area contributed by atoms with Crippen LogP contribution < -0.4 is 10.4 Å². The number of tetrazole rings is 1. The maximum absolute atomic E-state index is 12.2. The van der Waals surface area contributed by atoms with Gasteiger partial charge < -0.3 is 4.74 Å². The van der Waals surface area contributed by atoms with Gasteiger partial charge in [0.2, 0.25) is 5.88 Å². The summed E-state index contributed by atoms with van der Waals surface area (Å²) in [6, 6.07) is 7.76. The molecule has 0 atom stereocenters. The van der Waals surface area contributed by atoms with Gasteiger partial charge in [-0.15, -0.1) is 0 Å². The van der Waals surface area contributed by atoms with Crippen molar-refractivity contribution in [2.75, 3.05) is 0 Å². The molecule has 0 unspecified atom stereocenters. The van der Waals surface area contributed by atoms with Crippen LogP contribution in [-0.2, 0) is 13.7 Å². The second kappa shape index (κ2) is 6.51. The number of hydrogen-bond donors (Lipinski definition) is 0. The van der Waals surface area contributed by atoms with Crippen LogP contribution in [-0.4, -0.2) is 24.8 Å². The third kappa shape index (κ3) is 3.17. The zero-order valence-corrected chi connectivity index (χ0v) is 15.1. The molecule has 0 bridgehead atoms. The van der Waals surface area contributed by atoms with Gasteiger partial charge in [-0.1, -0.05) is 12.1 Å². The Morgan fingerprint density at radius 3 is 2.48 bits per heavy atom. The van der Waals surface area contributed by atoms with Crippen LogP contribution in [0.2, 0.25) is 0 Å². The summed E-state index contributed by atoms with van der Waals surface area (Å²) in [6.45, 7) is 8.23. The van der Waals surface area contributed by atoms with E-state index in [2.05, 4.69) is 21.5 Å². The highest BCUT2D eigenvalue weighted by Crippen LogP contribution is 2.22. The highest BCUT2D eigenvalue weighted by atomic mass is 16.5. The second-order valence-corrected chi connectivity index (χ2v) is 6.17. The normalized spacial score (nSPS) is 10.9. The van der Waals surface area contributed by atoms with Crippen LogP contribution in [0.25, 0.3) is 5.69 Å². The van der Waals surface area contributed by atoms with E-state index in [-0.39, 0.29) is 5.69 Å². The van der Waals surface area contributed by atoms with Crippen molar-refractivity contribution in [1.29, 1.82) is 0 Å². The van der Waals surface area contributed by atoms with Crippen molar-refractivity contribution < 1.29 is 4.74 Å². The smallest absolute Gasteiger partial charge is 0.368 e. The van der Waals surface area contributed by atoms with Crippen molar-refractivity contribution in [2.24, 2.45) is 7.05 Å². The fourth-order valence-electron chi connectivity index (χ4n) is 2.64. The number of hydrogen-bond acceptors (Lipinski definition) is 5. The molecule has 3 rings (SSSR count). The predicted molar refractivity (Wildman–Crippen MR) is 94.1 cm³/mol. The molecule has 130 valence electrons. The van der Waals surface area contributed by atoms with E-state index in [0.717, 1.165) is 27.9 Å². The van der Waals surface area contributed by atoms with E-state index < -0.39 is 0 Å². The first-order chi connectivity index (χ1) is 11.9. The number of pyridine rings is 1. The molecule has 0 fully saturated rings. The SMILES string of the molecule is Cc1cc(C)c(OCc2c(C)cccc2-n2nnn(C)c2=O)nc1C. The first-order valence-electron chi connectivity index (χ1n) is 8.04. The molecule has 1 aromatic carbocycles. The van der Waals surface area contributed by atoms with Crippen LogP contribution in [0.5, 0.6) is 5.88 Å². The molecule has 0 radical (unpaired) electrons. The molecule has 0 amide bonds. The maximum atomic E-state index is 12.2. The number of aromatic nitrogens is 5. The number of benzene rings is 1. The number of nitrogens with zero attached hydrogens (tertiary/aromatic N) is 5. The van der Waals surface area contributed by atoms with Gasteiger partial charge in [-0.25, -0.2) is 9.78 Å². The molecule has 0 aliphatic carbocycles. The van der Waals surface area contributed by atoms with E-state index in [1.165, 1.54) is 9.36 Å². The lowest BCUT2D eigenvalue weighted by molar-refractivity contribution is 0.289. The minimum Gasteiger partial charge on any atom is -0.473 e. The van der Waals surface area contributed by atoms with Crippen molar-refractivity contribution in [1.82, 2.24) is 24.8 Å². The summed E-state index contributed by atoms with van der Waals surface area (Å²) in [6.07, 6.45) is 0. The van der Waals surface area contributed by atoms with Crippen molar-refractivity contribution in [3.63, 3.8) is 0 Å². The van der Waals surface area contributed by atoms with Gasteiger partial charge in [-0.05, 0) is 61.4 Å². The zero-order valence-electron chi connectivity index (χ0n) is 15.1. The van der Waals surface area contributed by atoms with E-state index in [1.54, 1.807) is 7.05 Å².